The minimum absolute atomic E-state index is 0.269. The highest BCUT2D eigenvalue weighted by molar-refractivity contribution is 5.58. The third kappa shape index (κ3) is 8.12. The Hall–Kier alpha value is -3.85. The second-order valence-corrected chi connectivity index (χ2v) is 10.0. The molecular weight excluding hydrogens is 532 g/mol. The Bertz CT molecular complexity index is 1330. The molecule has 0 unspecified atom stereocenters. The number of ether oxygens (including phenoxy) is 6. The average molecular weight is 569 g/mol. The first-order valence-electron chi connectivity index (χ1n) is 14.1. The van der Waals surface area contributed by atoms with Crippen LogP contribution in [0.2, 0.25) is 0 Å². The Labute approximate surface area is 246 Å². The summed E-state index contributed by atoms with van der Waals surface area (Å²) in [7, 11) is 1.63. The number of benzene rings is 4. The maximum Gasteiger partial charge on any atom is 0.187 e. The summed E-state index contributed by atoms with van der Waals surface area (Å²) in [5.41, 5.74) is 3.88. The van der Waals surface area contributed by atoms with E-state index in [9.17, 15) is 4.79 Å². The molecule has 42 heavy (non-hydrogen) atoms. The van der Waals surface area contributed by atoms with Gasteiger partial charge in [-0.05, 0) is 34.4 Å². The Morgan fingerprint density at radius 1 is 0.548 bits per heavy atom. The zero-order valence-corrected chi connectivity index (χ0v) is 23.6. The molecule has 0 bridgehead atoms. The maximum absolute atomic E-state index is 12.4. The quantitative estimate of drug-likeness (QED) is 0.176. The van der Waals surface area contributed by atoms with Crippen molar-refractivity contribution in [3.05, 3.63) is 138 Å². The average Bonchev–Trinajstić information content (AvgIpc) is 3.06. The largest absolute Gasteiger partial charge is 0.497 e. The molecule has 4 aromatic carbocycles. The zero-order valence-electron chi connectivity index (χ0n) is 23.6. The van der Waals surface area contributed by atoms with E-state index >= 15 is 0 Å². The molecule has 1 aliphatic heterocycles. The van der Waals surface area contributed by atoms with Crippen LogP contribution in [0.1, 0.15) is 22.3 Å². The van der Waals surface area contributed by atoms with Crippen LogP contribution in [0.15, 0.2) is 115 Å². The summed E-state index contributed by atoms with van der Waals surface area (Å²) in [6.07, 6.45) is -3.14. The topological polar surface area (TPSA) is 72.5 Å². The van der Waals surface area contributed by atoms with E-state index in [1.165, 1.54) is 0 Å². The Morgan fingerprint density at radius 2 is 0.976 bits per heavy atom. The van der Waals surface area contributed by atoms with Gasteiger partial charge in [0.25, 0.3) is 0 Å². The third-order valence-corrected chi connectivity index (χ3v) is 7.09. The van der Waals surface area contributed by atoms with Gasteiger partial charge in [-0.2, -0.15) is 0 Å². The van der Waals surface area contributed by atoms with E-state index in [1.54, 1.807) is 7.11 Å². The van der Waals surface area contributed by atoms with Crippen LogP contribution in [0.5, 0.6) is 5.75 Å². The molecule has 0 aliphatic carbocycles. The fraction of sp³-hybridized carbons (Fsp3) is 0.286. The maximum atomic E-state index is 12.4. The van der Waals surface area contributed by atoms with Crippen LogP contribution in [0.25, 0.3) is 0 Å². The number of hydrogen-bond donors (Lipinski definition) is 0. The molecule has 1 heterocycles. The lowest BCUT2D eigenvalue weighted by Crippen LogP contribution is -2.61. The zero-order chi connectivity index (χ0) is 29.0. The van der Waals surface area contributed by atoms with Crippen molar-refractivity contribution < 1.29 is 33.2 Å². The lowest BCUT2D eigenvalue weighted by Gasteiger charge is -2.44. The summed E-state index contributed by atoms with van der Waals surface area (Å²) in [6, 6.07) is 37.1. The number of hydrogen-bond acceptors (Lipinski definition) is 7. The first kappa shape index (κ1) is 29.6. The summed E-state index contributed by atoms with van der Waals surface area (Å²) >= 11 is 0. The molecule has 0 radical (unpaired) electrons. The van der Waals surface area contributed by atoms with Gasteiger partial charge in [0, 0.05) is 0 Å². The van der Waals surface area contributed by atoms with Crippen LogP contribution in [-0.4, -0.2) is 44.1 Å². The first-order chi connectivity index (χ1) is 20.7. The number of aldehydes is 1. The van der Waals surface area contributed by atoms with Crippen LogP contribution in [0.3, 0.4) is 0 Å². The van der Waals surface area contributed by atoms with Gasteiger partial charge in [0.05, 0.1) is 33.5 Å². The molecule has 7 nitrogen and oxygen atoms in total. The van der Waals surface area contributed by atoms with Gasteiger partial charge in [-0.25, -0.2) is 0 Å². The first-order valence-corrected chi connectivity index (χ1v) is 14.1. The van der Waals surface area contributed by atoms with Crippen molar-refractivity contribution in [2.75, 3.05) is 7.11 Å². The summed E-state index contributed by atoms with van der Waals surface area (Å²) in [5, 5.41) is 0. The minimum atomic E-state index is -0.920. The molecule has 1 fully saturated rings. The van der Waals surface area contributed by atoms with Crippen molar-refractivity contribution >= 4 is 6.29 Å². The highest BCUT2D eigenvalue weighted by atomic mass is 16.7. The van der Waals surface area contributed by atoms with Gasteiger partial charge in [0.1, 0.15) is 30.2 Å². The van der Waals surface area contributed by atoms with Crippen molar-refractivity contribution in [2.24, 2.45) is 0 Å². The number of carbonyl (C=O) groups excluding carboxylic acids is 1. The number of rotatable bonds is 14. The predicted molar refractivity (Wildman–Crippen MR) is 158 cm³/mol. The van der Waals surface area contributed by atoms with Crippen LogP contribution in [0, 0.1) is 0 Å². The molecule has 4 aromatic rings. The second kappa shape index (κ2) is 15.4. The van der Waals surface area contributed by atoms with Gasteiger partial charge < -0.3 is 33.2 Å². The minimum Gasteiger partial charge on any atom is -0.497 e. The lowest BCUT2D eigenvalue weighted by atomic mass is 9.98. The molecule has 218 valence electrons. The summed E-state index contributed by atoms with van der Waals surface area (Å²) in [6.45, 7) is 1.13. The van der Waals surface area contributed by atoms with Gasteiger partial charge in [-0.1, -0.05) is 103 Å². The van der Waals surface area contributed by atoms with E-state index in [2.05, 4.69) is 0 Å². The normalized spacial score (nSPS) is 22.0. The SMILES string of the molecule is COc1ccc(CO[C@H]2[C@@H](OCc3ccccc3)O[C@H](C=O)[C@@H](OCc3ccccc3)[C@@H]2OCc2ccccc2)cc1. The molecular formula is C35H36O7. The molecule has 5 atom stereocenters. The predicted octanol–water partition coefficient (Wildman–Crippen LogP) is 5.89. The third-order valence-electron chi connectivity index (χ3n) is 7.09. The molecule has 0 spiro atoms. The van der Waals surface area contributed by atoms with Crippen molar-refractivity contribution in [1.29, 1.82) is 0 Å². The van der Waals surface area contributed by atoms with Gasteiger partial charge in [0.15, 0.2) is 12.6 Å². The van der Waals surface area contributed by atoms with Gasteiger partial charge in [-0.3, -0.25) is 0 Å². The molecule has 7 heteroatoms. The molecule has 1 saturated heterocycles. The molecule has 1 aliphatic rings. The number of methoxy groups -OCH3 is 1. The summed E-state index contributed by atoms with van der Waals surface area (Å²) < 4.78 is 37.2. The molecule has 5 rings (SSSR count). The van der Waals surface area contributed by atoms with E-state index in [1.807, 2.05) is 115 Å². The fourth-order valence-electron chi connectivity index (χ4n) is 4.84. The summed E-state index contributed by atoms with van der Waals surface area (Å²) in [5.74, 6) is 0.760. The van der Waals surface area contributed by atoms with Crippen molar-refractivity contribution in [2.45, 2.75) is 57.1 Å². The smallest absolute Gasteiger partial charge is 0.187 e. The Kier molecular flexibility index (Phi) is 10.9. The Balaban J connectivity index is 1.42. The fourth-order valence-corrected chi connectivity index (χ4v) is 4.84. The standard InChI is InChI=1S/C35H36O7/c1-37-30-19-17-29(18-20-30)24-40-34-33(39-23-27-13-7-3-8-14-27)32(38-22-26-11-5-2-6-12-26)31(21-36)42-35(34)41-25-28-15-9-4-10-16-28/h2-21,31-35H,22-25H2,1H3/t31-,32-,33+,34-,35+/m1/s1. The van der Waals surface area contributed by atoms with Gasteiger partial charge in [0.2, 0.25) is 0 Å². The molecule has 0 amide bonds. The van der Waals surface area contributed by atoms with E-state index in [0.717, 1.165) is 34.3 Å². The molecule has 0 N–H and O–H groups in total. The van der Waals surface area contributed by atoms with Crippen molar-refractivity contribution in [3.8, 4) is 5.75 Å². The van der Waals surface area contributed by atoms with E-state index < -0.39 is 30.7 Å². The van der Waals surface area contributed by atoms with Crippen molar-refractivity contribution in [1.82, 2.24) is 0 Å². The monoisotopic (exact) mass is 568 g/mol. The van der Waals surface area contributed by atoms with E-state index in [4.69, 9.17) is 28.4 Å². The van der Waals surface area contributed by atoms with E-state index in [0.29, 0.717) is 6.61 Å². The van der Waals surface area contributed by atoms with Crippen LogP contribution in [-0.2, 0) is 54.9 Å². The van der Waals surface area contributed by atoms with Crippen molar-refractivity contribution in [3.63, 3.8) is 0 Å². The molecule has 0 saturated carbocycles. The van der Waals surface area contributed by atoms with Gasteiger partial charge >= 0.3 is 0 Å². The highest BCUT2D eigenvalue weighted by Crippen LogP contribution is 2.31. The lowest BCUT2D eigenvalue weighted by molar-refractivity contribution is -0.317. The van der Waals surface area contributed by atoms with E-state index in [-0.39, 0.29) is 19.8 Å². The van der Waals surface area contributed by atoms with Crippen LogP contribution >= 0.6 is 0 Å². The summed E-state index contributed by atoms with van der Waals surface area (Å²) in [4.78, 5) is 12.4. The Morgan fingerprint density at radius 3 is 1.45 bits per heavy atom. The highest BCUT2D eigenvalue weighted by Gasteiger charge is 2.49. The second-order valence-electron chi connectivity index (χ2n) is 10.0. The van der Waals surface area contributed by atoms with Crippen LogP contribution in [0.4, 0.5) is 0 Å². The molecule has 0 aromatic heterocycles. The number of carbonyl (C=O) groups is 1. The van der Waals surface area contributed by atoms with Crippen LogP contribution < -0.4 is 4.74 Å². The van der Waals surface area contributed by atoms with Gasteiger partial charge in [-0.15, -0.1) is 0 Å².